The summed E-state index contributed by atoms with van der Waals surface area (Å²) in [6.45, 7) is 2.92. The van der Waals surface area contributed by atoms with Gasteiger partial charge in [-0.25, -0.2) is 0 Å². The van der Waals surface area contributed by atoms with Crippen LogP contribution in [0.2, 0.25) is 0 Å². The van der Waals surface area contributed by atoms with Gasteiger partial charge in [0.1, 0.15) is 0 Å². The molecule has 0 spiro atoms. The fourth-order valence-corrected chi connectivity index (χ4v) is 3.33. The Kier molecular flexibility index (Phi) is 4.69. The standard InChI is InChI=1S/C16H20N2O3S/c1-22-14-4-2-13(3-5-14)18-11-12(10-15(18)19)16(20)17-6-8-21-9-7-17/h2-5,12H,6-11H2,1H3. The first-order valence-corrected chi connectivity index (χ1v) is 8.72. The molecule has 1 atom stereocenters. The second-order valence-corrected chi connectivity index (χ2v) is 6.42. The van der Waals surface area contributed by atoms with Gasteiger partial charge >= 0.3 is 0 Å². The van der Waals surface area contributed by atoms with Crippen LogP contribution in [0.5, 0.6) is 0 Å². The monoisotopic (exact) mass is 320 g/mol. The molecule has 0 aliphatic carbocycles. The molecule has 0 N–H and O–H groups in total. The summed E-state index contributed by atoms with van der Waals surface area (Å²) in [6, 6.07) is 7.91. The lowest BCUT2D eigenvalue weighted by atomic mass is 10.1. The predicted molar refractivity (Wildman–Crippen MR) is 86.1 cm³/mol. The van der Waals surface area contributed by atoms with Crippen LogP contribution < -0.4 is 4.90 Å². The molecule has 22 heavy (non-hydrogen) atoms. The van der Waals surface area contributed by atoms with E-state index >= 15 is 0 Å². The lowest BCUT2D eigenvalue weighted by Gasteiger charge is -2.29. The van der Waals surface area contributed by atoms with Crippen LogP contribution in [0.4, 0.5) is 5.69 Å². The third kappa shape index (κ3) is 3.13. The summed E-state index contributed by atoms with van der Waals surface area (Å²) in [5.74, 6) is -0.116. The fourth-order valence-electron chi connectivity index (χ4n) is 2.93. The Morgan fingerprint density at radius 3 is 2.55 bits per heavy atom. The Bertz CT molecular complexity index is 555. The van der Waals surface area contributed by atoms with Crippen molar-refractivity contribution in [1.29, 1.82) is 0 Å². The van der Waals surface area contributed by atoms with Gasteiger partial charge in [0.25, 0.3) is 0 Å². The van der Waals surface area contributed by atoms with E-state index in [9.17, 15) is 9.59 Å². The second-order valence-electron chi connectivity index (χ2n) is 5.54. The Hall–Kier alpha value is -1.53. The van der Waals surface area contributed by atoms with E-state index < -0.39 is 0 Å². The van der Waals surface area contributed by atoms with E-state index in [2.05, 4.69) is 0 Å². The highest BCUT2D eigenvalue weighted by atomic mass is 32.2. The van der Waals surface area contributed by atoms with Gasteiger partial charge < -0.3 is 14.5 Å². The first-order valence-electron chi connectivity index (χ1n) is 7.50. The molecule has 2 aliphatic heterocycles. The van der Waals surface area contributed by atoms with Gasteiger partial charge in [-0.2, -0.15) is 0 Å². The minimum Gasteiger partial charge on any atom is -0.378 e. The maximum atomic E-state index is 12.5. The minimum absolute atomic E-state index is 0.0310. The Balaban J connectivity index is 1.68. The number of nitrogens with zero attached hydrogens (tertiary/aromatic N) is 2. The molecule has 1 aromatic carbocycles. The van der Waals surface area contributed by atoms with Gasteiger partial charge in [0.2, 0.25) is 11.8 Å². The zero-order chi connectivity index (χ0) is 15.5. The smallest absolute Gasteiger partial charge is 0.228 e. The number of thioether (sulfide) groups is 1. The zero-order valence-corrected chi connectivity index (χ0v) is 13.5. The fraction of sp³-hybridized carbons (Fsp3) is 0.500. The van der Waals surface area contributed by atoms with Crippen LogP contribution in [0.3, 0.4) is 0 Å². The van der Waals surface area contributed by atoms with E-state index in [1.807, 2.05) is 35.4 Å². The van der Waals surface area contributed by atoms with Crippen molar-refractivity contribution in [3.63, 3.8) is 0 Å². The summed E-state index contributed by atoms with van der Waals surface area (Å²) in [5.41, 5.74) is 0.875. The number of hydrogen-bond donors (Lipinski definition) is 0. The van der Waals surface area contributed by atoms with Crippen LogP contribution in [-0.2, 0) is 14.3 Å². The largest absolute Gasteiger partial charge is 0.378 e. The van der Waals surface area contributed by atoms with Gasteiger partial charge in [0.15, 0.2) is 0 Å². The SMILES string of the molecule is CSc1ccc(N2CC(C(=O)N3CCOCC3)CC2=O)cc1. The number of rotatable bonds is 3. The number of amides is 2. The van der Waals surface area contributed by atoms with Crippen molar-refractivity contribution in [2.24, 2.45) is 5.92 Å². The van der Waals surface area contributed by atoms with Crippen LogP contribution in [0.25, 0.3) is 0 Å². The van der Waals surface area contributed by atoms with Crippen molar-refractivity contribution in [2.45, 2.75) is 11.3 Å². The summed E-state index contributed by atoms with van der Waals surface area (Å²) >= 11 is 1.67. The van der Waals surface area contributed by atoms with Crippen LogP contribution in [0.1, 0.15) is 6.42 Å². The minimum atomic E-state index is -0.231. The molecule has 2 saturated heterocycles. The molecule has 1 unspecified atom stereocenters. The maximum Gasteiger partial charge on any atom is 0.228 e. The Morgan fingerprint density at radius 1 is 1.23 bits per heavy atom. The molecule has 118 valence electrons. The topological polar surface area (TPSA) is 49.9 Å². The first-order chi connectivity index (χ1) is 10.7. The van der Waals surface area contributed by atoms with E-state index in [0.717, 1.165) is 10.6 Å². The summed E-state index contributed by atoms with van der Waals surface area (Å²) in [5, 5.41) is 0. The van der Waals surface area contributed by atoms with Crippen LogP contribution in [0.15, 0.2) is 29.2 Å². The van der Waals surface area contributed by atoms with Crippen molar-refractivity contribution in [1.82, 2.24) is 4.90 Å². The molecule has 1 aromatic rings. The Labute approximate surface area is 134 Å². The van der Waals surface area contributed by atoms with Gasteiger partial charge in [0, 0.05) is 36.6 Å². The van der Waals surface area contributed by atoms with Crippen LogP contribution in [0, 0.1) is 5.92 Å². The van der Waals surface area contributed by atoms with Crippen molar-refractivity contribution in [2.75, 3.05) is 44.0 Å². The lowest BCUT2D eigenvalue weighted by Crippen LogP contribution is -2.44. The van der Waals surface area contributed by atoms with E-state index in [4.69, 9.17) is 4.74 Å². The van der Waals surface area contributed by atoms with Crippen molar-refractivity contribution in [3.8, 4) is 0 Å². The predicted octanol–water partition coefficient (Wildman–Crippen LogP) is 1.62. The molecule has 0 aromatic heterocycles. The molecule has 2 aliphatic rings. The summed E-state index contributed by atoms with van der Waals surface area (Å²) in [7, 11) is 0. The van der Waals surface area contributed by atoms with E-state index in [-0.39, 0.29) is 17.7 Å². The molecule has 2 amide bonds. The number of hydrogen-bond acceptors (Lipinski definition) is 4. The molecule has 0 bridgehead atoms. The maximum absolute atomic E-state index is 12.5. The highest BCUT2D eigenvalue weighted by Crippen LogP contribution is 2.28. The first kappa shape index (κ1) is 15.4. The third-order valence-electron chi connectivity index (χ3n) is 4.18. The molecule has 2 fully saturated rings. The van der Waals surface area contributed by atoms with E-state index in [0.29, 0.717) is 39.3 Å². The van der Waals surface area contributed by atoms with Gasteiger partial charge in [0.05, 0.1) is 19.1 Å². The average molecular weight is 320 g/mol. The van der Waals surface area contributed by atoms with Crippen LogP contribution >= 0.6 is 11.8 Å². The number of benzene rings is 1. The van der Waals surface area contributed by atoms with Gasteiger partial charge in [-0.3, -0.25) is 9.59 Å². The lowest BCUT2D eigenvalue weighted by molar-refractivity contribution is -0.139. The van der Waals surface area contributed by atoms with E-state index in [1.54, 1.807) is 16.7 Å². The highest BCUT2D eigenvalue weighted by Gasteiger charge is 2.37. The molecule has 3 rings (SSSR count). The van der Waals surface area contributed by atoms with E-state index in [1.165, 1.54) is 0 Å². The second kappa shape index (κ2) is 6.71. The molecule has 0 radical (unpaired) electrons. The van der Waals surface area contributed by atoms with Crippen molar-refractivity contribution < 1.29 is 14.3 Å². The molecule has 0 saturated carbocycles. The van der Waals surface area contributed by atoms with Gasteiger partial charge in [-0.15, -0.1) is 11.8 Å². The van der Waals surface area contributed by atoms with Crippen molar-refractivity contribution in [3.05, 3.63) is 24.3 Å². The zero-order valence-electron chi connectivity index (χ0n) is 12.7. The number of carbonyl (C=O) groups excluding carboxylic acids is 2. The summed E-state index contributed by atoms with van der Waals surface area (Å²) < 4.78 is 5.27. The quantitative estimate of drug-likeness (QED) is 0.794. The molecule has 6 heteroatoms. The van der Waals surface area contributed by atoms with Crippen molar-refractivity contribution >= 4 is 29.3 Å². The molecule has 5 nitrogen and oxygen atoms in total. The highest BCUT2D eigenvalue weighted by molar-refractivity contribution is 7.98. The van der Waals surface area contributed by atoms with Crippen LogP contribution in [-0.4, -0.2) is 55.8 Å². The molecular weight excluding hydrogens is 300 g/mol. The molecule has 2 heterocycles. The number of anilines is 1. The number of morpholine rings is 1. The Morgan fingerprint density at radius 2 is 1.91 bits per heavy atom. The number of ether oxygens (including phenoxy) is 1. The summed E-state index contributed by atoms with van der Waals surface area (Å²) in [6.07, 6.45) is 2.33. The van der Waals surface area contributed by atoms with Gasteiger partial charge in [-0.1, -0.05) is 0 Å². The average Bonchev–Trinajstić information content (AvgIpc) is 2.97. The summed E-state index contributed by atoms with van der Waals surface area (Å²) in [4.78, 5) is 29.5. The number of carbonyl (C=O) groups is 2. The normalized spacial score (nSPS) is 22.2. The third-order valence-corrected chi connectivity index (χ3v) is 4.92. The van der Waals surface area contributed by atoms with Gasteiger partial charge in [-0.05, 0) is 30.5 Å². The molecular formula is C16H20N2O3S.